The number of amides is 3. The Hall–Kier alpha value is -5.34. The molecule has 5 rings (SSSR count). The highest BCUT2D eigenvalue weighted by atomic mass is 32.2. The van der Waals surface area contributed by atoms with Gasteiger partial charge in [-0.2, -0.15) is 13.2 Å². The Morgan fingerprint density at radius 1 is 0.851 bits per heavy atom. The number of hydrogen-bond donors (Lipinski definition) is 3. The average molecular weight is 679 g/mol. The van der Waals surface area contributed by atoms with Gasteiger partial charge in [-0.15, -0.1) is 11.3 Å². The van der Waals surface area contributed by atoms with Crippen LogP contribution in [-0.4, -0.2) is 31.1 Å². The van der Waals surface area contributed by atoms with Gasteiger partial charge in [-0.3, -0.25) is 19.4 Å². The first-order chi connectivity index (χ1) is 22.3. The molecular formula is C33H25F3N4O5S2. The number of nitrogens with one attached hydrogen (secondary N) is 3. The fourth-order valence-corrected chi connectivity index (χ4v) is 6.28. The van der Waals surface area contributed by atoms with Crippen molar-refractivity contribution in [1.82, 2.24) is 15.0 Å². The van der Waals surface area contributed by atoms with Crippen LogP contribution in [0.1, 0.15) is 47.2 Å². The van der Waals surface area contributed by atoms with Crippen LogP contribution < -0.4 is 15.4 Å². The summed E-state index contributed by atoms with van der Waals surface area (Å²) < 4.78 is 66.6. The van der Waals surface area contributed by atoms with Crippen molar-refractivity contribution in [1.29, 1.82) is 0 Å². The summed E-state index contributed by atoms with van der Waals surface area (Å²) in [6.07, 6.45) is -3.09. The standard InChI is InChI=1S/C33H25F3N4O5S2/c1-20-4-15-29(47(44,45)40-32(43)28-3-2-16-46-28)26(17-20)23-9-14-27(37-19-23)31(42)39-25-12-7-22(8-13-25)30(41)38-18-21-5-10-24(11-6-21)33(34,35)36/h2-17,19H,18H2,1H3,(H,38,41)(H,39,42)(H,40,43). The molecular weight excluding hydrogens is 654 g/mol. The molecule has 3 aromatic carbocycles. The van der Waals surface area contributed by atoms with Crippen LogP contribution in [0.3, 0.4) is 0 Å². The molecule has 0 unspecified atom stereocenters. The summed E-state index contributed by atoms with van der Waals surface area (Å²) >= 11 is 1.11. The maximum atomic E-state index is 13.2. The van der Waals surface area contributed by atoms with E-state index in [9.17, 15) is 36.0 Å². The molecule has 0 fully saturated rings. The van der Waals surface area contributed by atoms with Crippen LogP contribution in [0.25, 0.3) is 11.1 Å². The second-order valence-electron chi connectivity index (χ2n) is 10.3. The van der Waals surface area contributed by atoms with Gasteiger partial charge in [0.05, 0.1) is 15.3 Å². The maximum absolute atomic E-state index is 13.2. The van der Waals surface area contributed by atoms with Gasteiger partial charge in [0.2, 0.25) is 0 Å². The molecule has 3 N–H and O–H groups in total. The van der Waals surface area contributed by atoms with E-state index in [0.29, 0.717) is 22.4 Å². The maximum Gasteiger partial charge on any atom is 0.416 e. The number of aromatic nitrogens is 1. The number of carbonyl (C=O) groups excluding carboxylic acids is 3. The van der Waals surface area contributed by atoms with Gasteiger partial charge >= 0.3 is 6.18 Å². The number of alkyl halides is 3. The van der Waals surface area contributed by atoms with E-state index in [2.05, 4.69) is 20.3 Å². The third kappa shape index (κ3) is 8.09. The molecule has 0 bridgehead atoms. The molecule has 3 amide bonds. The molecule has 0 aliphatic rings. The molecule has 0 saturated carbocycles. The van der Waals surface area contributed by atoms with E-state index < -0.39 is 39.5 Å². The van der Waals surface area contributed by atoms with Crippen molar-refractivity contribution in [3.05, 3.63) is 135 Å². The topological polar surface area (TPSA) is 134 Å². The normalized spacial score (nSPS) is 11.5. The Labute approximate surface area is 271 Å². The predicted octanol–water partition coefficient (Wildman–Crippen LogP) is 6.44. The van der Waals surface area contributed by atoms with Gasteiger partial charge in [-0.1, -0.05) is 42.0 Å². The number of nitrogens with zero attached hydrogens (tertiary/aromatic N) is 1. The molecule has 2 aromatic heterocycles. The second kappa shape index (κ2) is 13.6. The molecule has 9 nitrogen and oxygen atoms in total. The molecule has 2 heterocycles. The van der Waals surface area contributed by atoms with Gasteiger partial charge in [0.1, 0.15) is 5.69 Å². The van der Waals surface area contributed by atoms with E-state index in [1.165, 1.54) is 60.8 Å². The van der Waals surface area contributed by atoms with Gasteiger partial charge in [-0.25, -0.2) is 13.1 Å². The number of anilines is 1. The van der Waals surface area contributed by atoms with Gasteiger partial charge in [0.25, 0.3) is 27.7 Å². The minimum absolute atomic E-state index is 0.0247. The van der Waals surface area contributed by atoms with Crippen molar-refractivity contribution >= 4 is 44.8 Å². The highest BCUT2D eigenvalue weighted by molar-refractivity contribution is 7.90. The first-order valence-electron chi connectivity index (χ1n) is 13.8. The summed E-state index contributed by atoms with van der Waals surface area (Å²) in [5.74, 6) is -1.76. The average Bonchev–Trinajstić information content (AvgIpc) is 3.59. The van der Waals surface area contributed by atoms with E-state index in [1.807, 2.05) is 0 Å². The lowest BCUT2D eigenvalue weighted by atomic mass is 10.0. The predicted molar refractivity (Wildman–Crippen MR) is 170 cm³/mol. The molecule has 14 heteroatoms. The van der Waals surface area contributed by atoms with Crippen LogP contribution in [0.2, 0.25) is 0 Å². The van der Waals surface area contributed by atoms with Crippen LogP contribution in [0.5, 0.6) is 0 Å². The fraction of sp³-hybridized carbons (Fsp3) is 0.0909. The van der Waals surface area contributed by atoms with E-state index in [-0.39, 0.29) is 27.6 Å². The number of rotatable bonds is 9. The van der Waals surface area contributed by atoms with Crippen LogP contribution in [0, 0.1) is 6.92 Å². The summed E-state index contributed by atoms with van der Waals surface area (Å²) in [5.41, 5.74) is 1.86. The Morgan fingerprint density at radius 3 is 2.19 bits per heavy atom. The number of benzene rings is 3. The highest BCUT2D eigenvalue weighted by Gasteiger charge is 2.30. The summed E-state index contributed by atoms with van der Waals surface area (Å²) in [4.78, 5) is 42.2. The Bertz CT molecular complexity index is 2030. The van der Waals surface area contributed by atoms with Gasteiger partial charge in [-0.05, 0) is 72.5 Å². The number of sulfonamides is 1. The number of pyridine rings is 1. The van der Waals surface area contributed by atoms with Crippen molar-refractivity contribution in [2.75, 3.05) is 5.32 Å². The first-order valence-corrected chi connectivity index (χ1v) is 16.2. The first kappa shape index (κ1) is 33.0. The number of thiophene rings is 1. The molecule has 240 valence electrons. The van der Waals surface area contributed by atoms with E-state index >= 15 is 0 Å². The summed E-state index contributed by atoms with van der Waals surface area (Å²) in [6, 6.07) is 21.2. The van der Waals surface area contributed by atoms with Crippen molar-refractivity contribution in [2.45, 2.75) is 24.5 Å². The van der Waals surface area contributed by atoms with E-state index in [1.54, 1.807) is 36.6 Å². The van der Waals surface area contributed by atoms with Crippen LogP contribution in [-0.2, 0) is 22.7 Å². The molecule has 0 spiro atoms. The van der Waals surface area contributed by atoms with Crippen molar-refractivity contribution in [3.8, 4) is 11.1 Å². The van der Waals surface area contributed by atoms with Crippen molar-refractivity contribution in [3.63, 3.8) is 0 Å². The molecule has 0 aliphatic heterocycles. The van der Waals surface area contributed by atoms with Gasteiger partial charge in [0.15, 0.2) is 0 Å². The number of aryl methyl sites for hydroxylation is 1. The van der Waals surface area contributed by atoms with Gasteiger partial charge < -0.3 is 10.6 Å². The fourth-order valence-electron chi connectivity index (χ4n) is 4.42. The third-order valence-electron chi connectivity index (χ3n) is 6.84. The highest BCUT2D eigenvalue weighted by Crippen LogP contribution is 2.30. The number of halogens is 3. The summed E-state index contributed by atoms with van der Waals surface area (Å²) in [5, 5.41) is 6.97. The number of hydrogen-bond acceptors (Lipinski definition) is 7. The molecule has 0 atom stereocenters. The summed E-state index contributed by atoms with van der Waals surface area (Å²) in [7, 11) is -4.25. The Morgan fingerprint density at radius 2 is 1.57 bits per heavy atom. The smallest absolute Gasteiger partial charge is 0.348 e. The van der Waals surface area contributed by atoms with E-state index in [0.717, 1.165) is 29.0 Å². The Balaban J connectivity index is 1.22. The van der Waals surface area contributed by atoms with Crippen molar-refractivity contribution in [2.24, 2.45) is 0 Å². The second-order valence-corrected chi connectivity index (χ2v) is 12.9. The zero-order valence-electron chi connectivity index (χ0n) is 24.5. The zero-order chi connectivity index (χ0) is 33.8. The molecule has 47 heavy (non-hydrogen) atoms. The lowest BCUT2D eigenvalue weighted by Gasteiger charge is -2.13. The van der Waals surface area contributed by atoms with Crippen molar-refractivity contribution < 1.29 is 36.0 Å². The largest absolute Gasteiger partial charge is 0.416 e. The van der Waals surface area contributed by atoms with Gasteiger partial charge in [0, 0.05) is 35.1 Å². The monoisotopic (exact) mass is 678 g/mol. The number of carbonyl (C=O) groups is 3. The zero-order valence-corrected chi connectivity index (χ0v) is 26.1. The molecule has 0 radical (unpaired) electrons. The lowest BCUT2D eigenvalue weighted by molar-refractivity contribution is -0.137. The van der Waals surface area contributed by atoms with Crippen LogP contribution >= 0.6 is 11.3 Å². The Kier molecular flexibility index (Phi) is 9.54. The molecule has 0 saturated heterocycles. The lowest BCUT2D eigenvalue weighted by Crippen LogP contribution is -2.30. The molecule has 0 aliphatic carbocycles. The quantitative estimate of drug-likeness (QED) is 0.164. The minimum Gasteiger partial charge on any atom is -0.348 e. The third-order valence-corrected chi connectivity index (χ3v) is 9.10. The molecule has 5 aromatic rings. The van der Waals surface area contributed by atoms with Crippen LogP contribution in [0.15, 0.2) is 107 Å². The van der Waals surface area contributed by atoms with E-state index in [4.69, 9.17) is 0 Å². The SMILES string of the molecule is Cc1ccc(S(=O)(=O)NC(=O)c2cccs2)c(-c2ccc(C(=O)Nc3ccc(C(=O)NCc4ccc(C(F)(F)F)cc4)cc3)nc2)c1. The van der Waals surface area contributed by atoms with Crippen LogP contribution in [0.4, 0.5) is 18.9 Å². The summed E-state index contributed by atoms with van der Waals surface area (Å²) in [6.45, 7) is 1.81. The minimum atomic E-state index is -4.44.